The van der Waals surface area contributed by atoms with Crippen LogP contribution in [0.4, 0.5) is 0 Å². The van der Waals surface area contributed by atoms with Crippen LogP contribution >= 0.6 is 0 Å². The minimum absolute atomic E-state index is 0.0560. The van der Waals surface area contributed by atoms with Gasteiger partial charge in [-0.1, -0.05) is 63.2 Å². The van der Waals surface area contributed by atoms with E-state index in [4.69, 9.17) is 14.0 Å². The van der Waals surface area contributed by atoms with E-state index < -0.39 is 41.4 Å². The normalized spacial score (nSPS) is 21.8. The Morgan fingerprint density at radius 3 is 2.22 bits per heavy atom. The van der Waals surface area contributed by atoms with Crippen molar-refractivity contribution in [1.82, 2.24) is 26.0 Å². The molecule has 2 aliphatic rings. The van der Waals surface area contributed by atoms with Crippen LogP contribution in [0, 0.1) is 11.8 Å². The van der Waals surface area contributed by atoms with Gasteiger partial charge in [-0.15, -0.1) is 0 Å². The van der Waals surface area contributed by atoms with Gasteiger partial charge in [0, 0.05) is 25.1 Å². The molecule has 2 unspecified atom stereocenters. The van der Waals surface area contributed by atoms with E-state index in [1.807, 2.05) is 58.0 Å². The van der Waals surface area contributed by atoms with Crippen molar-refractivity contribution in [2.75, 3.05) is 26.4 Å². The second-order valence-electron chi connectivity index (χ2n) is 13.6. The molecular formula is C34H49N5O7. The van der Waals surface area contributed by atoms with Gasteiger partial charge >= 0.3 is 0 Å². The predicted octanol–water partition coefficient (Wildman–Crippen LogP) is 2.66. The molecule has 12 heteroatoms. The number of amides is 3. The highest BCUT2D eigenvalue weighted by atomic mass is 16.6. The number of carbonyl (C=O) groups excluding carboxylic acids is 4. The molecule has 0 saturated carbocycles. The number of hydrogen-bond acceptors (Lipinski definition) is 9. The number of carbonyl (C=O) groups is 4. The van der Waals surface area contributed by atoms with Crippen molar-refractivity contribution in [3.8, 4) is 0 Å². The van der Waals surface area contributed by atoms with E-state index in [0.29, 0.717) is 45.0 Å². The first-order chi connectivity index (χ1) is 21.8. The van der Waals surface area contributed by atoms with Crippen LogP contribution in [0.3, 0.4) is 0 Å². The molecule has 2 aliphatic heterocycles. The number of rotatable bonds is 16. The lowest BCUT2D eigenvalue weighted by molar-refractivity contribution is -0.133. The smallest absolute Gasteiger partial charge is 0.274 e. The Bertz CT molecular complexity index is 1340. The molecule has 46 heavy (non-hydrogen) atoms. The number of ketones is 1. The van der Waals surface area contributed by atoms with Crippen molar-refractivity contribution in [2.24, 2.45) is 11.8 Å². The van der Waals surface area contributed by atoms with Gasteiger partial charge in [0.05, 0.1) is 32.4 Å². The molecule has 3 amide bonds. The van der Waals surface area contributed by atoms with E-state index in [1.54, 1.807) is 13.0 Å². The zero-order chi connectivity index (χ0) is 33.4. The topological polar surface area (TPSA) is 155 Å². The highest BCUT2D eigenvalue weighted by molar-refractivity contribution is 5.99. The molecule has 2 saturated heterocycles. The number of nitrogens with zero attached hydrogens (tertiary/aromatic N) is 2. The van der Waals surface area contributed by atoms with Crippen LogP contribution in [0.1, 0.15) is 76.2 Å². The van der Waals surface area contributed by atoms with Crippen molar-refractivity contribution in [3.05, 3.63) is 53.4 Å². The van der Waals surface area contributed by atoms with E-state index in [-0.39, 0.29) is 35.8 Å². The van der Waals surface area contributed by atoms with Gasteiger partial charge in [0.1, 0.15) is 17.7 Å². The van der Waals surface area contributed by atoms with E-state index in [1.165, 1.54) is 0 Å². The average Bonchev–Trinajstić information content (AvgIpc) is 3.58. The first-order valence-corrected chi connectivity index (χ1v) is 16.3. The quantitative estimate of drug-likeness (QED) is 0.235. The number of hydrogen-bond donors (Lipinski definition) is 3. The van der Waals surface area contributed by atoms with Gasteiger partial charge in [0.2, 0.25) is 11.8 Å². The average molecular weight is 640 g/mol. The summed E-state index contributed by atoms with van der Waals surface area (Å²) in [6, 6.07) is 8.43. The number of benzene rings is 1. The Hall–Kier alpha value is -3.61. The molecule has 4 rings (SSSR count). The number of ether oxygens (including phenoxy) is 2. The summed E-state index contributed by atoms with van der Waals surface area (Å²) in [5.41, 5.74) is 0.00206. The van der Waals surface area contributed by atoms with Crippen LogP contribution in [-0.2, 0) is 36.8 Å². The van der Waals surface area contributed by atoms with Crippen LogP contribution in [0.15, 0.2) is 40.9 Å². The molecule has 2 fully saturated rings. The zero-order valence-electron chi connectivity index (χ0n) is 27.8. The minimum Gasteiger partial charge on any atom is -0.379 e. The SMILES string of the molecule is CC(C)CC(NC(=O)c1cc(CN2CCOC[C@@H]2C)on1)C(=O)N[C@@H](Cc1ccccc1)C(=O)NC(CC(C)C)C(=O)[C@@]1(C)CO1. The summed E-state index contributed by atoms with van der Waals surface area (Å²) >= 11 is 0. The standard InChI is InChI=1S/C34H49N5O7/c1-21(2)14-26(30(40)34(6)20-45-34)35-32(42)28(16-24-10-8-7-9-11-24)37-31(41)27(15-22(3)4)36-33(43)29-17-25(46-38-29)18-39-12-13-44-19-23(39)5/h7-11,17,21-23,26-28H,12-16,18-20H2,1-6H3,(H,35,42)(H,36,43)(H,37,41)/t23-,26?,27?,28-,34+/m0/s1. The second-order valence-corrected chi connectivity index (χ2v) is 13.6. The first kappa shape index (κ1) is 35.2. The van der Waals surface area contributed by atoms with Crippen LogP contribution < -0.4 is 16.0 Å². The van der Waals surface area contributed by atoms with Crippen molar-refractivity contribution in [3.63, 3.8) is 0 Å². The minimum atomic E-state index is -0.994. The Labute approximate surface area is 271 Å². The molecule has 3 heterocycles. The van der Waals surface area contributed by atoms with Gasteiger partial charge < -0.3 is 29.9 Å². The zero-order valence-corrected chi connectivity index (χ0v) is 27.8. The molecule has 252 valence electrons. The molecule has 0 aliphatic carbocycles. The monoisotopic (exact) mass is 639 g/mol. The van der Waals surface area contributed by atoms with Crippen LogP contribution in [0.2, 0.25) is 0 Å². The highest BCUT2D eigenvalue weighted by Crippen LogP contribution is 2.29. The molecule has 0 bridgehead atoms. The maximum absolute atomic E-state index is 13.8. The molecular weight excluding hydrogens is 590 g/mol. The summed E-state index contributed by atoms with van der Waals surface area (Å²) in [6.07, 6.45) is 0.965. The third kappa shape index (κ3) is 9.94. The molecule has 0 radical (unpaired) electrons. The van der Waals surface area contributed by atoms with E-state index >= 15 is 0 Å². The third-order valence-corrected chi connectivity index (χ3v) is 8.34. The summed E-state index contributed by atoms with van der Waals surface area (Å²) in [7, 11) is 0. The van der Waals surface area contributed by atoms with Gasteiger partial charge in [0.25, 0.3) is 5.91 Å². The first-order valence-electron chi connectivity index (χ1n) is 16.3. The lowest BCUT2D eigenvalue weighted by Gasteiger charge is -2.32. The van der Waals surface area contributed by atoms with Gasteiger partial charge in [-0.25, -0.2) is 0 Å². The third-order valence-electron chi connectivity index (χ3n) is 8.34. The summed E-state index contributed by atoms with van der Waals surface area (Å²) in [5.74, 6) is -0.977. The molecule has 1 aromatic heterocycles. The van der Waals surface area contributed by atoms with Crippen molar-refractivity contribution in [1.29, 1.82) is 0 Å². The molecule has 12 nitrogen and oxygen atoms in total. The summed E-state index contributed by atoms with van der Waals surface area (Å²) in [4.78, 5) is 56.2. The van der Waals surface area contributed by atoms with E-state index in [2.05, 4.69) is 32.9 Å². The molecule has 2 aromatic rings. The molecule has 1 aromatic carbocycles. The largest absolute Gasteiger partial charge is 0.379 e. The number of morpholine rings is 1. The fourth-order valence-corrected chi connectivity index (χ4v) is 5.55. The Morgan fingerprint density at radius 1 is 0.957 bits per heavy atom. The Morgan fingerprint density at radius 2 is 1.59 bits per heavy atom. The van der Waals surface area contributed by atoms with Crippen molar-refractivity contribution < 1.29 is 33.2 Å². The number of aromatic nitrogens is 1. The summed E-state index contributed by atoms with van der Waals surface area (Å²) in [6.45, 7) is 14.4. The summed E-state index contributed by atoms with van der Waals surface area (Å²) < 4.78 is 16.3. The van der Waals surface area contributed by atoms with Gasteiger partial charge in [0.15, 0.2) is 17.2 Å². The fraction of sp³-hybridized carbons (Fsp3) is 0.618. The lowest BCUT2D eigenvalue weighted by Crippen LogP contribution is -2.57. The number of Topliss-reactive ketones (excluding diaryl/α,β-unsaturated/α-hetero) is 1. The van der Waals surface area contributed by atoms with Gasteiger partial charge in [-0.05, 0) is 44.1 Å². The summed E-state index contributed by atoms with van der Waals surface area (Å²) in [5, 5.41) is 12.5. The fourth-order valence-electron chi connectivity index (χ4n) is 5.55. The Balaban J connectivity index is 1.47. The second kappa shape index (κ2) is 15.8. The van der Waals surface area contributed by atoms with Gasteiger partial charge in [-0.3, -0.25) is 24.1 Å². The van der Waals surface area contributed by atoms with Crippen molar-refractivity contribution >= 4 is 23.5 Å². The lowest BCUT2D eigenvalue weighted by atomic mass is 9.93. The van der Waals surface area contributed by atoms with Crippen LogP contribution in [-0.4, -0.2) is 89.7 Å². The van der Waals surface area contributed by atoms with E-state index in [0.717, 1.165) is 12.1 Å². The maximum Gasteiger partial charge on any atom is 0.274 e. The molecule has 3 N–H and O–H groups in total. The Kier molecular flexibility index (Phi) is 12.1. The molecule has 5 atom stereocenters. The highest BCUT2D eigenvalue weighted by Gasteiger charge is 2.50. The van der Waals surface area contributed by atoms with Crippen LogP contribution in [0.5, 0.6) is 0 Å². The number of nitrogens with one attached hydrogen (secondary N) is 3. The number of epoxide rings is 1. The van der Waals surface area contributed by atoms with Gasteiger partial charge in [-0.2, -0.15) is 0 Å². The van der Waals surface area contributed by atoms with E-state index in [9.17, 15) is 19.2 Å². The predicted molar refractivity (Wildman–Crippen MR) is 171 cm³/mol. The van der Waals surface area contributed by atoms with Crippen molar-refractivity contribution in [2.45, 2.75) is 97.1 Å². The molecule has 0 spiro atoms. The van der Waals surface area contributed by atoms with Crippen LogP contribution in [0.25, 0.3) is 0 Å². The maximum atomic E-state index is 13.8.